The summed E-state index contributed by atoms with van der Waals surface area (Å²) < 4.78 is 10.4. The largest absolute Gasteiger partial charge is 0.497 e. The number of hydrogen-bond acceptors (Lipinski definition) is 4. The summed E-state index contributed by atoms with van der Waals surface area (Å²) in [5, 5.41) is 6.16. The molecular weight excluding hydrogens is 304 g/mol. The summed E-state index contributed by atoms with van der Waals surface area (Å²) >= 11 is 0. The van der Waals surface area contributed by atoms with Crippen molar-refractivity contribution < 1.29 is 14.3 Å². The van der Waals surface area contributed by atoms with E-state index in [1.807, 2.05) is 12.1 Å². The normalized spacial score (nSPS) is 10.3. The molecule has 0 saturated carbocycles. The molecule has 5 heteroatoms. The van der Waals surface area contributed by atoms with Crippen LogP contribution in [-0.2, 0) is 11.3 Å². The summed E-state index contributed by atoms with van der Waals surface area (Å²) in [6.07, 6.45) is 0.381. The first-order valence-electron chi connectivity index (χ1n) is 7.91. The van der Waals surface area contributed by atoms with Gasteiger partial charge in [-0.05, 0) is 30.2 Å². The number of hydrogen-bond donors (Lipinski definition) is 2. The van der Waals surface area contributed by atoms with Crippen LogP contribution in [-0.4, -0.2) is 26.7 Å². The van der Waals surface area contributed by atoms with Crippen molar-refractivity contribution in [3.8, 4) is 11.5 Å². The topological polar surface area (TPSA) is 59.6 Å². The van der Waals surface area contributed by atoms with Crippen LogP contribution >= 0.6 is 0 Å². The molecule has 128 valence electrons. The number of carbonyl (C=O) groups is 1. The molecule has 0 radical (unpaired) electrons. The molecule has 0 unspecified atom stereocenters. The Morgan fingerprint density at radius 1 is 1.08 bits per heavy atom. The number of anilines is 1. The van der Waals surface area contributed by atoms with Crippen LogP contribution in [0.4, 0.5) is 5.69 Å². The average Bonchev–Trinajstić information content (AvgIpc) is 2.60. The van der Waals surface area contributed by atoms with E-state index in [9.17, 15) is 4.79 Å². The molecule has 2 aromatic carbocycles. The van der Waals surface area contributed by atoms with E-state index in [-0.39, 0.29) is 5.91 Å². The Bertz CT molecular complexity index is 686. The van der Waals surface area contributed by atoms with E-state index < -0.39 is 0 Å². The van der Waals surface area contributed by atoms with E-state index in [2.05, 4.69) is 29.7 Å². The first-order valence-corrected chi connectivity index (χ1v) is 7.91. The lowest BCUT2D eigenvalue weighted by atomic mass is 10.1. The molecule has 5 nitrogen and oxygen atoms in total. The lowest BCUT2D eigenvalue weighted by Crippen LogP contribution is -2.22. The van der Waals surface area contributed by atoms with Crippen LogP contribution in [0.5, 0.6) is 11.5 Å². The van der Waals surface area contributed by atoms with Gasteiger partial charge < -0.3 is 20.1 Å². The first-order chi connectivity index (χ1) is 11.6. The lowest BCUT2D eigenvalue weighted by Gasteiger charge is -2.12. The molecule has 0 aromatic heterocycles. The predicted octanol–water partition coefficient (Wildman–Crippen LogP) is 3.13. The third kappa shape index (κ3) is 4.99. The zero-order chi connectivity index (χ0) is 17.4. The lowest BCUT2D eigenvalue weighted by molar-refractivity contribution is -0.116. The zero-order valence-electron chi connectivity index (χ0n) is 14.4. The second-order valence-electron chi connectivity index (χ2n) is 5.47. The highest BCUT2D eigenvalue weighted by Gasteiger charge is 2.09. The fourth-order valence-corrected chi connectivity index (χ4v) is 2.36. The summed E-state index contributed by atoms with van der Waals surface area (Å²) in [4.78, 5) is 12.1. The van der Waals surface area contributed by atoms with E-state index in [4.69, 9.17) is 9.47 Å². The highest BCUT2D eigenvalue weighted by atomic mass is 16.5. The molecule has 0 aliphatic carbocycles. The van der Waals surface area contributed by atoms with Crippen LogP contribution in [0.15, 0.2) is 42.5 Å². The van der Waals surface area contributed by atoms with Crippen molar-refractivity contribution in [2.45, 2.75) is 19.9 Å². The molecule has 0 fully saturated rings. The fourth-order valence-electron chi connectivity index (χ4n) is 2.36. The number of nitrogens with one attached hydrogen (secondary N) is 2. The molecule has 2 N–H and O–H groups in total. The number of carbonyl (C=O) groups excluding carboxylic acids is 1. The minimum absolute atomic E-state index is 0.0705. The van der Waals surface area contributed by atoms with E-state index in [0.717, 1.165) is 6.54 Å². The van der Waals surface area contributed by atoms with Crippen molar-refractivity contribution in [2.24, 2.45) is 0 Å². The number of rotatable bonds is 8. The highest BCUT2D eigenvalue weighted by molar-refractivity contribution is 5.92. The van der Waals surface area contributed by atoms with E-state index >= 15 is 0 Å². The van der Waals surface area contributed by atoms with Gasteiger partial charge in [0.1, 0.15) is 11.5 Å². The molecule has 0 spiro atoms. The second kappa shape index (κ2) is 8.93. The van der Waals surface area contributed by atoms with Gasteiger partial charge >= 0.3 is 0 Å². The van der Waals surface area contributed by atoms with Gasteiger partial charge in [0.2, 0.25) is 5.91 Å². The Labute approximate surface area is 143 Å². The maximum Gasteiger partial charge on any atom is 0.225 e. The van der Waals surface area contributed by atoms with Gasteiger partial charge in [0.15, 0.2) is 0 Å². The van der Waals surface area contributed by atoms with Crippen LogP contribution in [0.2, 0.25) is 0 Å². The van der Waals surface area contributed by atoms with Gasteiger partial charge in [-0.1, -0.05) is 24.3 Å². The van der Waals surface area contributed by atoms with Crippen molar-refractivity contribution in [3.05, 3.63) is 53.6 Å². The van der Waals surface area contributed by atoms with Gasteiger partial charge in [0.05, 0.1) is 19.9 Å². The highest BCUT2D eigenvalue weighted by Crippen LogP contribution is 2.28. The van der Waals surface area contributed by atoms with Crippen LogP contribution < -0.4 is 20.1 Å². The molecule has 0 heterocycles. The number of amides is 1. The molecule has 24 heavy (non-hydrogen) atoms. The van der Waals surface area contributed by atoms with Gasteiger partial charge in [-0.2, -0.15) is 0 Å². The van der Waals surface area contributed by atoms with Gasteiger partial charge in [-0.25, -0.2) is 0 Å². The molecular formula is C19H24N2O3. The number of ether oxygens (including phenoxy) is 2. The second-order valence-corrected chi connectivity index (χ2v) is 5.47. The summed E-state index contributed by atoms with van der Waals surface area (Å²) in [7, 11) is 3.16. The predicted molar refractivity (Wildman–Crippen MR) is 95.7 cm³/mol. The molecule has 0 aliphatic rings. The fraction of sp³-hybridized carbons (Fsp3) is 0.316. The third-order valence-electron chi connectivity index (χ3n) is 3.79. The Morgan fingerprint density at radius 2 is 1.88 bits per heavy atom. The van der Waals surface area contributed by atoms with Crippen molar-refractivity contribution in [1.29, 1.82) is 0 Å². The average molecular weight is 328 g/mol. The molecule has 1 amide bonds. The van der Waals surface area contributed by atoms with E-state index in [0.29, 0.717) is 30.2 Å². The van der Waals surface area contributed by atoms with Crippen LogP contribution in [0, 0.1) is 6.92 Å². The molecule has 0 bridgehead atoms. The van der Waals surface area contributed by atoms with Crippen molar-refractivity contribution in [3.63, 3.8) is 0 Å². The summed E-state index contributed by atoms with van der Waals surface area (Å²) in [5.41, 5.74) is 3.10. The van der Waals surface area contributed by atoms with Crippen molar-refractivity contribution >= 4 is 11.6 Å². The number of methoxy groups -OCH3 is 2. The van der Waals surface area contributed by atoms with Crippen LogP contribution in [0.25, 0.3) is 0 Å². The summed E-state index contributed by atoms with van der Waals surface area (Å²) in [5.74, 6) is 1.21. The third-order valence-corrected chi connectivity index (χ3v) is 3.79. The molecule has 0 aliphatic heterocycles. The maximum atomic E-state index is 12.1. The molecule has 2 rings (SSSR count). The minimum Gasteiger partial charge on any atom is -0.497 e. The Balaban J connectivity index is 1.82. The van der Waals surface area contributed by atoms with Gasteiger partial charge in [-0.15, -0.1) is 0 Å². The van der Waals surface area contributed by atoms with E-state index in [1.165, 1.54) is 11.1 Å². The van der Waals surface area contributed by atoms with Gasteiger partial charge in [0.25, 0.3) is 0 Å². The monoisotopic (exact) mass is 328 g/mol. The standard InChI is InChI=1S/C19H24N2O3/c1-14-6-4-5-7-15(14)13-20-11-10-19(22)21-17-12-16(23-2)8-9-18(17)24-3/h4-9,12,20H,10-11,13H2,1-3H3,(H,21,22). The smallest absolute Gasteiger partial charge is 0.225 e. The van der Waals surface area contributed by atoms with Crippen molar-refractivity contribution in [1.82, 2.24) is 5.32 Å². The van der Waals surface area contributed by atoms with Gasteiger partial charge in [0, 0.05) is 25.6 Å². The SMILES string of the molecule is COc1ccc(OC)c(NC(=O)CCNCc2ccccc2C)c1. The minimum atomic E-state index is -0.0705. The van der Waals surface area contributed by atoms with Gasteiger partial charge in [-0.3, -0.25) is 4.79 Å². The molecule has 0 atom stereocenters. The van der Waals surface area contributed by atoms with Crippen LogP contribution in [0.3, 0.4) is 0 Å². The van der Waals surface area contributed by atoms with E-state index in [1.54, 1.807) is 32.4 Å². The number of aryl methyl sites for hydroxylation is 1. The van der Waals surface area contributed by atoms with Crippen LogP contribution in [0.1, 0.15) is 17.5 Å². The summed E-state index contributed by atoms with van der Waals surface area (Å²) in [6.45, 7) is 3.44. The molecule has 0 saturated heterocycles. The number of benzene rings is 2. The quantitative estimate of drug-likeness (QED) is 0.731. The Hall–Kier alpha value is -2.53. The zero-order valence-corrected chi connectivity index (χ0v) is 14.4. The Morgan fingerprint density at radius 3 is 2.58 bits per heavy atom. The first kappa shape index (κ1) is 17.8. The maximum absolute atomic E-state index is 12.1. The van der Waals surface area contributed by atoms with Crippen molar-refractivity contribution in [2.75, 3.05) is 26.1 Å². The Kier molecular flexibility index (Phi) is 6.63. The molecule has 2 aromatic rings. The summed E-state index contributed by atoms with van der Waals surface area (Å²) in [6, 6.07) is 13.5.